The number of rotatable bonds is 4. The average Bonchev–Trinajstić information content (AvgIpc) is 3.38. The molecule has 4 unspecified atom stereocenters. The number of carbonyl (C=O) groups is 3. The number of amides is 3. The molecule has 0 aromatic heterocycles. The Morgan fingerprint density at radius 1 is 0.931 bits per heavy atom. The van der Waals surface area contributed by atoms with Gasteiger partial charge in [0.15, 0.2) is 0 Å². The van der Waals surface area contributed by atoms with Crippen molar-refractivity contribution >= 4 is 40.7 Å². The maximum absolute atomic E-state index is 12.9. The van der Waals surface area contributed by atoms with Crippen LogP contribution in [0, 0.1) is 23.7 Å². The summed E-state index contributed by atoms with van der Waals surface area (Å²) in [5.74, 6) is -0.352. The largest absolute Gasteiger partial charge is 0.326 e. The molecule has 3 amide bonds. The molecule has 2 bridgehead atoms. The Morgan fingerprint density at radius 2 is 1.52 bits per heavy atom. The van der Waals surface area contributed by atoms with E-state index < -0.39 is 0 Å². The number of imide groups is 1. The first-order valence-corrected chi connectivity index (χ1v) is 10.1. The van der Waals surface area contributed by atoms with E-state index in [0.717, 1.165) is 12.0 Å². The number of nitrogens with zero attached hydrogens (tertiary/aromatic N) is 1. The van der Waals surface area contributed by atoms with Gasteiger partial charge in [-0.3, -0.25) is 19.3 Å². The minimum absolute atomic E-state index is 0.0925. The highest BCUT2D eigenvalue weighted by atomic mass is 35.5. The van der Waals surface area contributed by atoms with E-state index in [1.807, 2.05) is 0 Å². The van der Waals surface area contributed by atoms with Gasteiger partial charge >= 0.3 is 0 Å². The molecular weight excluding hydrogens is 388 g/mol. The third-order valence-electron chi connectivity index (χ3n) is 6.16. The van der Waals surface area contributed by atoms with E-state index in [2.05, 4.69) is 17.5 Å². The quantitative estimate of drug-likeness (QED) is 0.619. The van der Waals surface area contributed by atoms with Crippen LogP contribution in [0.3, 0.4) is 0 Å². The highest BCUT2D eigenvalue weighted by molar-refractivity contribution is 6.30. The molecule has 1 N–H and O–H groups in total. The van der Waals surface area contributed by atoms with Crippen LogP contribution in [0.5, 0.6) is 0 Å². The molecule has 0 radical (unpaired) electrons. The lowest BCUT2D eigenvalue weighted by molar-refractivity contribution is -0.123. The van der Waals surface area contributed by atoms with Gasteiger partial charge in [0.05, 0.1) is 23.9 Å². The maximum atomic E-state index is 12.9. The van der Waals surface area contributed by atoms with Crippen molar-refractivity contribution in [1.82, 2.24) is 0 Å². The average molecular weight is 407 g/mol. The zero-order valence-electron chi connectivity index (χ0n) is 15.5. The fraction of sp³-hybridized carbons (Fsp3) is 0.261. The Morgan fingerprint density at radius 3 is 2.10 bits per heavy atom. The predicted octanol–water partition coefficient (Wildman–Crippen LogP) is 3.83. The normalized spacial score (nSPS) is 26.9. The van der Waals surface area contributed by atoms with Gasteiger partial charge < -0.3 is 5.32 Å². The summed E-state index contributed by atoms with van der Waals surface area (Å²) in [7, 11) is 0. The molecule has 4 atom stereocenters. The summed E-state index contributed by atoms with van der Waals surface area (Å²) < 4.78 is 0. The molecule has 2 aromatic carbocycles. The lowest BCUT2D eigenvalue weighted by Crippen LogP contribution is -2.32. The van der Waals surface area contributed by atoms with E-state index in [1.165, 1.54) is 4.90 Å². The zero-order valence-corrected chi connectivity index (χ0v) is 16.3. The van der Waals surface area contributed by atoms with Crippen molar-refractivity contribution in [3.63, 3.8) is 0 Å². The van der Waals surface area contributed by atoms with Crippen LogP contribution < -0.4 is 10.2 Å². The van der Waals surface area contributed by atoms with Crippen LogP contribution >= 0.6 is 11.6 Å². The number of benzene rings is 2. The smallest absolute Gasteiger partial charge is 0.238 e. The Hall–Kier alpha value is -2.92. The minimum Gasteiger partial charge on any atom is -0.326 e. The summed E-state index contributed by atoms with van der Waals surface area (Å²) >= 11 is 5.85. The molecular formula is C23H19ClN2O3. The molecule has 1 saturated carbocycles. The fourth-order valence-electron chi connectivity index (χ4n) is 4.84. The summed E-state index contributed by atoms with van der Waals surface area (Å²) in [6, 6.07) is 14.0. The van der Waals surface area contributed by atoms with Crippen molar-refractivity contribution in [1.29, 1.82) is 0 Å². The molecule has 2 aromatic rings. The van der Waals surface area contributed by atoms with E-state index >= 15 is 0 Å². The standard InChI is InChI=1S/C23H19ClN2O3/c24-16-5-7-17(8-6-16)25-19(27)11-13-1-9-18(10-2-13)26-22(28)20-14-3-4-15(12-14)21(20)23(26)29/h1-10,14-15,20-21H,11-12H2,(H,25,27). The van der Waals surface area contributed by atoms with Gasteiger partial charge in [-0.25, -0.2) is 0 Å². The fourth-order valence-corrected chi connectivity index (χ4v) is 4.97. The van der Waals surface area contributed by atoms with Crippen molar-refractivity contribution in [3.8, 4) is 0 Å². The third-order valence-corrected chi connectivity index (χ3v) is 6.41. The molecule has 5 nitrogen and oxygen atoms in total. The molecule has 5 rings (SSSR count). The Kier molecular flexibility index (Phi) is 4.28. The van der Waals surface area contributed by atoms with Gasteiger partial charge in [0, 0.05) is 10.7 Å². The first-order valence-electron chi connectivity index (χ1n) is 9.72. The SMILES string of the molecule is O=C(Cc1ccc(N2C(=O)C3C4C=CC(C4)C3C2=O)cc1)Nc1ccc(Cl)cc1. The van der Waals surface area contributed by atoms with Gasteiger partial charge in [-0.15, -0.1) is 0 Å². The number of halogens is 1. The van der Waals surface area contributed by atoms with E-state index in [1.54, 1.807) is 48.5 Å². The van der Waals surface area contributed by atoms with Crippen LogP contribution in [-0.4, -0.2) is 17.7 Å². The van der Waals surface area contributed by atoms with Crippen LogP contribution in [0.15, 0.2) is 60.7 Å². The molecule has 1 aliphatic heterocycles. The van der Waals surface area contributed by atoms with Crippen LogP contribution in [-0.2, 0) is 20.8 Å². The van der Waals surface area contributed by atoms with Gasteiger partial charge in [-0.2, -0.15) is 0 Å². The van der Waals surface area contributed by atoms with Gasteiger partial charge in [-0.05, 0) is 60.2 Å². The van der Waals surface area contributed by atoms with Crippen LogP contribution in [0.4, 0.5) is 11.4 Å². The predicted molar refractivity (Wildman–Crippen MR) is 110 cm³/mol. The highest BCUT2D eigenvalue weighted by Gasteiger charge is 2.59. The molecule has 3 aliphatic rings. The zero-order chi connectivity index (χ0) is 20.1. The number of carbonyl (C=O) groups excluding carboxylic acids is 3. The lowest BCUT2D eigenvalue weighted by Gasteiger charge is -2.17. The Balaban J connectivity index is 1.27. The van der Waals surface area contributed by atoms with E-state index in [9.17, 15) is 14.4 Å². The number of anilines is 2. The molecule has 2 fully saturated rings. The lowest BCUT2D eigenvalue weighted by atomic mass is 9.85. The number of nitrogens with one attached hydrogen (secondary N) is 1. The second-order valence-electron chi connectivity index (χ2n) is 7.91. The number of hydrogen-bond acceptors (Lipinski definition) is 3. The van der Waals surface area contributed by atoms with E-state index in [-0.39, 0.29) is 47.8 Å². The monoisotopic (exact) mass is 406 g/mol. The van der Waals surface area contributed by atoms with Crippen molar-refractivity contribution in [2.24, 2.45) is 23.7 Å². The Labute approximate surface area is 173 Å². The van der Waals surface area contributed by atoms with Gasteiger partial charge in [0.25, 0.3) is 0 Å². The van der Waals surface area contributed by atoms with Crippen molar-refractivity contribution in [2.45, 2.75) is 12.8 Å². The molecule has 6 heteroatoms. The number of allylic oxidation sites excluding steroid dienone is 2. The Bertz CT molecular complexity index is 999. The van der Waals surface area contributed by atoms with Gasteiger partial charge in [0.2, 0.25) is 17.7 Å². The number of hydrogen-bond donors (Lipinski definition) is 1. The first-order chi connectivity index (χ1) is 14.0. The molecule has 1 saturated heterocycles. The van der Waals surface area contributed by atoms with E-state index in [0.29, 0.717) is 16.4 Å². The van der Waals surface area contributed by atoms with E-state index in [4.69, 9.17) is 11.6 Å². The first kappa shape index (κ1) is 18.1. The second kappa shape index (κ2) is 6.85. The van der Waals surface area contributed by atoms with Gasteiger partial charge in [0.1, 0.15) is 0 Å². The summed E-state index contributed by atoms with van der Waals surface area (Å²) in [5, 5.41) is 3.43. The molecule has 29 heavy (non-hydrogen) atoms. The molecule has 1 heterocycles. The van der Waals surface area contributed by atoms with Gasteiger partial charge in [-0.1, -0.05) is 35.9 Å². The number of fused-ring (bicyclic) bond motifs is 5. The van der Waals surface area contributed by atoms with Crippen molar-refractivity contribution in [3.05, 3.63) is 71.3 Å². The van der Waals surface area contributed by atoms with Crippen molar-refractivity contribution < 1.29 is 14.4 Å². The van der Waals surface area contributed by atoms with Crippen molar-refractivity contribution in [2.75, 3.05) is 10.2 Å². The molecule has 0 spiro atoms. The summed E-state index contributed by atoms with van der Waals surface area (Å²) in [4.78, 5) is 39.3. The van der Waals surface area contributed by atoms with Crippen LogP contribution in [0.1, 0.15) is 12.0 Å². The van der Waals surface area contributed by atoms with Crippen LogP contribution in [0.2, 0.25) is 5.02 Å². The topological polar surface area (TPSA) is 66.5 Å². The molecule has 146 valence electrons. The second-order valence-corrected chi connectivity index (χ2v) is 8.35. The summed E-state index contributed by atoms with van der Waals surface area (Å²) in [5.41, 5.74) is 2.07. The minimum atomic E-state index is -0.206. The maximum Gasteiger partial charge on any atom is 0.238 e. The third kappa shape index (κ3) is 3.06. The highest BCUT2D eigenvalue weighted by Crippen LogP contribution is 2.53. The molecule has 2 aliphatic carbocycles. The summed E-state index contributed by atoms with van der Waals surface area (Å²) in [6.45, 7) is 0. The van der Waals surface area contributed by atoms with Crippen LogP contribution in [0.25, 0.3) is 0 Å². The summed E-state index contributed by atoms with van der Waals surface area (Å²) in [6.07, 6.45) is 5.29.